The van der Waals surface area contributed by atoms with Gasteiger partial charge in [-0.2, -0.15) is 0 Å². The molecule has 0 radical (unpaired) electrons. The normalized spacial score (nSPS) is 11.0. The molecular weight excluding hydrogens is 402 g/mol. The first-order valence-electron chi connectivity index (χ1n) is 8.00. The minimum absolute atomic E-state index is 0.0198. The van der Waals surface area contributed by atoms with E-state index < -0.39 is 4.92 Å². The fraction of sp³-hybridized carbons (Fsp3) is 0.118. The van der Waals surface area contributed by atoms with E-state index in [1.807, 2.05) is 35.7 Å². The van der Waals surface area contributed by atoms with E-state index in [0.29, 0.717) is 16.0 Å². The SMILES string of the molecule is O=[N+]([O-])c1cnc(Sc2nnc(-c3cccs3)n2CCc2ccccc2)s1. The Morgan fingerprint density at radius 1 is 1.15 bits per heavy atom. The number of nitro groups is 1. The van der Waals surface area contributed by atoms with Crippen LogP contribution < -0.4 is 0 Å². The zero-order chi connectivity index (χ0) is 18.6. The summed E-state index contributed by atoms with van der Waals surface area (Å²) in [6.45, 7) is 0.708. The lowest BCUT2D eigenvalue weighted by Crippen LogP contribution is -2.04. The van der Waals surface area contributed by atoms with Crippen LogP contribution in [0.3, 0.4) is 0 Å². The quantitative estimate of drug-likeness (QED) is 0.319. The number of aryl methyl sites for hydroxylation is 1. The van der Waals surface area contributed by atoms with E-state index in [2.05, 4.69) is 31.9 Å². The van der Waals surface area contributed by atoms with Crippen LogP contribution in [0.1, 0.15) is 5.56 Å². The van der Waals surface area contributed by atoms with Crippen LogP contribution in [-0.2, 0) is 13.0 Å². The molecule has 0 bridgehead atoms. The van der Waals surface area contributed by atoms with Crippen molar-refractivity contribution in [3.63, 3.8) is 0 Å². The number of hydrogen-bond donors (Lipinski definition) is 0. The van der Waals surface area contributed by atoms with Crippen molar-refractivity contribution in [3.05, 3.63) is 69.7 Å². The van der Waals surface area contributed by atoms with Gasteiger partial charge in [-0.3, -0.25) is 10.1 Å². The van der Waals surface area contributed by atoms with Gasteiger partial charge in [-0.25, -0.2) is 4.98 Å². The second-order valence-electron chi connectivity index (χ2n) is 5.49. The second kappa shape index (κ2) is 7.99. The van der Waals surface area contributed by atoms with E-state index in [4.69, 9.17) is 0 Å². The molecule has 10 heteroatoms. The van der Waals surface area contributed by atoms with Crippen LogP contribution in [0.5, 0.6) is 0 Å². The zero-order valence-electron chi connectivity index (χ0n) is 13.9. The molecule has 0 unspecified atom stereocenters. The number of aromatic nitrogens is 4. The summed E-state index contributed by atoms with van der Waals surface area (Å²) in [5.74, 6) is 0.800. The van der Waals surface area contributed by atoms with Crippen molar-refractivity contribution >= 4 is 39.4 Å². The van der Waals surface area contributed by atoms with E-state index in [0.717, 1.165) is 28.5 Å². The molecule has 0 aliphatic heterocycles. The topological polar surface area (TPSA) is 86.7 Å². The summed E-state index contributed by atoms with van der Waals surface area (Å²) in [6.07, 6.45) is 2.11. The summed E-state index contributed by atoms with van der Waals surface area (Å²) in [5.41, 5.74) is 1.23. The number of thiophene rings is 1. The Hall–Kier alpha value is -2.56. The van der Waals surface area contributed by atoms with Gasteiger partial charge in [-0.1, -0.05) is 36.4 Å². The van der Waals surface area contributed by atoms with Crippen LogP contribution in [0.25, 0.3) is 10.7 Å². The lowest BCUT2D eigenvalue weighted by molar-refractivity contribution is -0.380. The summed E-state index contributed by atoms with van der Waals surface area (Å²) in [6, 6.07) is 14.2. The van der Waals surface area contributed by atoms with Gasteiger partial charge in [0, 0.05) is 6.54 Å². The molecule has 3 heterocycles. The van der Waals surface area contributed by atoms with E-state index >= 15 is 0 Å². The molecule has 27 heavy (non-hydrogen) atoms. The first kappa shape index (κ1) is 17.8. The predicted molar refractivity (Wildman–Crippen MR) is 106 cm³/mol. The van der Waals surface area contributed by atoms with Crippen molar-refractivity contribution in [2.24, 2.45) is 0 Å². The molecule has 7 nitrogen and oxygen atoms in total. The molecular formula is C17H13N5O2S3. The third-order valence-electron chi connectivity index (χ3n) is 3.76. The minimum Gasteiger partial charge on any atom is -0.301 e. The van der Waals surface area contributed by atoms with E-state index in [1.54, 1.807) is 11.3 Å². The van der Waals surface area contributed by atoms with Crippen LogP contribution in [0.4, 0.5) is 5.00 Å². The molecule has 0 saturated carbocycles. The predicted octanol–water partition coefficient (Wildman–Crippen LogP) is 4.77. The average Bonchev–Trinajstić information content (AvgIpc) is 3.42. The molecule has 0 N–H and O–H groups in total. The van der Waals surface area contributed by atoms with Crippen LogP contribution in [0, 0.1) is 10.1 Å². The smallest absolute Gasteiger partial charge is 0.301 e. The summed E-state index contributed by atoms with van der Waals surface area (Å²) >= 11 is 3.95. The third-order valence-corrected chi connectivity index (χ3v) is 6.63. The van der Waals surface area contributed by atoms with Crippen molar-refractivity contribution in [2.45, 2.75) is 22.5 Å². The van der Waals surface area contributed by atoms with Crippen LogP contribution in [-0.4, -0.2) is 24.7 Å². The lowest BCUT2D eigenvalue weighted by Gasteiger charge is -2.08. The highest BCUT2D eigenvalue weighted by Gasteiger charge is 2.19. The molecule has 0 spiro atoms. The van der Waals surface area contributed by atoms with E-state index in [9.17, 15) is 10.1 Å². The Morgan fingerprint density at radius 3 is 2.70 bits per heavy atom. The molecule has 0 saturated heterocycles. The molecule has 1 aromatic carbocycles. The summed E-state index contributed by atoms with van der Waals surface area (Å²) in [5, 5.41) is 22.3. The first-order valence-corrected chi connectivity index (χ1v) is 10.5. The maximum Gasteiger partial charge on any atom is 0.344 e. The Kier molecular flexibility index (Phi) is 5.28. The molecule has 0 aliphatic carbocycles. The molecule has 0 amide bonds. The van der Waals surface area contributed by atoms with Crippen molar-refractivity contribution in [1.29, 1.82) is 0 Å². The zero-order valence-corrected chi connectivity index (χ0v) is 16.3. The fourth-order valence-corrected chi connectivity index (χ4v) is 4.96. The van der Waals surface area contributed by atoms with Gasteiger partial charge < -0.3 is 4.57 Å². The fourth-order valence-electron chi connectivity index (χ4n) is 2.50. The van der Waals surface area contributed by atoms with E-state index in [-0.39, 0.29) is 5.00 Å². The van der Waals surface area contributed by atoms with Gasteiger partial charge in [0.25, 0.3) is 0 Å². The Balaban J connectivity index is 1.63. The highest BCUT2D eigenvalue weighted by atomic mass is 32.2. The Morgan fingerprint density at radius 2 is 2.00 bits per heavy atom. The van der Waals surface area contributed by atoms with Gasteiger partial charge in [0.2, 0.25) is 0 Å². The highest BCUT2D eigenvalue weighted by Crippen LogP contribution is 2.35. The van der Waals surface area contributed by atoms with Gasteiger partial charge in [0.05, 0.1) is 9.80 Å². The lowest BCUT2D eigenvalue weighted by atomic mass is 10.1. The number of hydrogen-bond acceptors (Lipinski definition) is 8. The van der Waals surface area contributed by atoms with Gasteiger partial charge in [0.1, 0.15) is 6.20 Å². The van der Waals surface area contributed by atoms with Crippen LogP contribution >= 0.6 is 34.4 Å². The molecule has 3 aromatic heterocycles. The van der Waals surface area contributed by atoms with Crippen molar-refractivity contribution < 1.29 is 4.92 Å². The van der Waals surface area contributed by atoms with Crippen molar-refractivity contribution in [3.8, 4) is 10.7 Å². The molecule has 0 aliphatic rings. The van der Waals surface area contributed by atoms with Gasteiger partial charge in [-0.05, 0) is 46.5 Å². The first-order chi connectivity index (χ1) is 13.2. The average molecular weight is 416 g/mol. The van der Waals surface area contributed by atoms with Gasteiger partial charge in [-0.15, -0.1) is 21.5 Å². The minimum atomic E-state index is -0.432. The number of thiazole rings is 1. The monoisotopic (exact) mass is 415 g/mol. The maximum absolute atomic E-state index is 10.9. The standard InChI is InChI=1S/C17H13N5O2S3/c23-22(24)14-11-18-17(26-14)27-16-20-19-15(13-7-4-10-25-13)21(16)9-8-12-5-2-1-3-6-12/h1-7,10-11H,8-9H2. The van der Waals surface area contributed by atoms with Gasteiger partial charge in [0.15, 0.2) is 15.3 Å². The van der Waals surface area contributed by atoms with Gasteiger partial charge >= 0.3 is 5.00 Å². The van der Waals surface area contributed by atoms with E-state index in [1.165, 1.54) is 23.5 Å². The van der Waals surface area contributed by atoms with Crippen LogP contribution in [0.2, 0.25) is 0 Å². The maximum atomic E-state index is 10.9. The summed E-state index contributed by atoms with van der Waals surface area (Å²) < 4.78 is 2.63. The highest BCUT2D eigenvalue weighted by molar-refractivity contribution is 8.00. The molecule has 4 rings (SSSR count). The van der Waals surface area contributed by atoms with Crippen LogP contribution in [0.15, 0.2) is 63.5 Å². The molecule has 4 aromatic rings. The Labute approximate surface area is 166 Å². The molecule has 136 valence electrons. The number of benzene rings is 1. The second-order valence-corrected chi connectivity index (χ2v) is 8.67. The summed E-state index contributed by atoms with van der Waals surface area (Å²) in [4.78, 5) is 15.6. The number of nitrogens with zero attached hydrogens (tertiary/aromatic N) is 5. The van der Waals surface area contributed by atoms with Crippen molar-refractivity contribution in [2.75, 3.05) is 0 Å². The molecule has 0 fully saturated rings. The Bertz CT molecular complexity index is 1040. The third kappa shape index (κ3) is 4.07. The largest absolute Gasteiger partial charge is 0.344 e. The summed E-state index contributed by atoms with van der Waals surface area (Å²) in [7, 11) is 0. The van der Waals surface area contributed by atoms with Crippen molar-refractivity contribution in [1.82, 2.24) is 19.7 Å². The number of rotatable bonds is 7. The molecule has 0 atom stereocenters.